The molecule has 0 spiro atoms. The van der Waals surface area contributed by atoms with Crippen LogP contribution in [0.3, 0.4) is 0 Å². The van der Waals surface area contributed by atoms with Gasteiger partial charge >= 0.3 is 0 Å². The topological polar surface area (TPSA) is 47.3 Å². The lowest BCUT2D eigenvalue weighted by Gasteiger charge is -2.05. The van der Waals surface area contributed by atoms with Crippen molar-refractivity contribution in [2.45, 2.75) is 46.2 Å². The molecule has 2 aromatic rings. The summed E-state index contributed by atoms with van der Waals surface area (Å²) in [6, 6.07) is 8.36. The number of nitrogens with one attached hydrogen (secondary N) is 1. The highest BCUT2D eigenvalue weighted by Crippen LogP contribution is 2.23. The van der Waals surface area contributed by atoms with Crippen LogP contribution in [0.1, 0.15) is 39.5 Å². The van der Waals surface area contributed by atoms with Crippen molar-refractivity contribution in [1.82, 2.24) is 10.3 Å². The van der Waals surface area contributed by atoms with Crippen LogP contribution in [0.4, 0.5) is 0 Å². The molecule has 4 nitrogen and oxygen atoms in total. The van der Waals surface area contributed by atoms with Gasteiger partial charge in [0.05, 0.1) is 19.3 Å². The molecule has 0 aliphatic heterocycles. The molecule has 0 fully saturated rings. The zero-order valence-electron chi connectivity index (χ0n) is 13.1. The minimum atomic E-state index is 0.417. The second-order valence-electron chi connectivity index (χ2n) is 5.38. The fraction of sp³-hybridized carbons (Fsp3) is 0.471. The number of rotatable bonds is 8. The van der Waals surface area contributed by atoms with Crippen LogP contribution in [-0.4, -0.2) is 17.6 Å². The fourth-order valence-electron chi connectivity index (χ4n) is 1.87. The molecule has 114 valence electrons. The van der Waals surface area contributed by atoms with E-state index >= 15 is 0 Å². The minimum Gasteiger partial charge on any atom is -0.494 e. The van der Waals surface area contributed by atoms with Crippen LogP contribution in [0.5, 0.6) is 5.75 Å². The highest BCUT2D eigenvalue weighted by molar-refractivity contribution is 5.57. The second-order valence-corrected chi connectivity index (χ2v) is 5.38. The van der Waals surface area contributed by atoms with E-state index in [4.69, 9.17) is 9.15 Å². The van der Waals surface area contributed by atoms with Crippen LogP contribution in [0.15, 0.2) is 34.9 Å². The van der Waals surface area contributed by atoms with Crippen molar-refractivity contribution < 1.29 is 9.15 Å². The molecule has 1 heterocycles. The van der Waals surface area contributed by atoms with Crippen molar-refractivity contribution in [1.29, 1.82) is 0 Å². The molecule has 1 aromatic heterocycles. The Hall–Kier alpha value is -1.81. The summed E-state index contributed by atoms with van der Waals surface area (Å²) >= 11 is 0. The molecule has 0 bridgehead atoms. The molecular weight excluding hydrogens is 264 g/mol. The highest BCUT2D eigenvalue weighted by atomic mass is 16.5. The molecule has 1 aromatic carbocycles. The van der Waals surface area contributed by atoms with Crippen LogP contribution in [0, 0.1) is 0 Å². The third-order valence-corrected chi connectivity index (χ3v) is 3.12. The van der Waals surface area contributed by atoms with E-state index < -0.39 is 0 Å². The Labute approximate surface area is 126 Å². The standard InChI is InChI=1S/C17H24N2O2/c1-4-5-10-20-15-8-6-14(7-9-15)16-11-19-17(21-16)12-18-13(2)3/h6-9,11,13,18H,4-5,10,12H2,1-3H3. The average molecular weight is 288 g/mol. The van der Waals surface area contributed by atoms with E-state index in [1.165, 1.54) is 0 Å². The number of nitrogens with zero attached hydrogens (tertiary/aromatic N) is 1. The van der Waals surface area contributed by atoms with Gasteiger partial charge in [0.1, 0.15) is 5.75 Å². The van der Waals surface area contributed by atoms with E-state index in [0.717, 1.165) is 36.5 Å². The van der Waals surface area contributed by atoms with Gasteiger partial charge in [0.15, 0.2) is 5.76 Å². The van der Waals surface area contributed by atoms with Gasteiger partial charge in [-0.05, 0) is 30.7 Å². The fourth-order valence-corrected chi connectivity index (χ4v) is 1.87. The summed E-state index contributed by atoms with van der Waals surface area (Å²) < 4.78 is 11.4. The summed E-state index contributed by atoms with van der Waals surface area (Å²) in [5, 5.41) is 3.29. The SMILES string of the molecule is CCCCOc1ccc(-c2cnc(CNC(C)C)o2)cc1. The molecule has 0 aliphatic carbocycles. The van der Waals surface area contributed by atoms with Gasteiger partial charge in [0.25, 0.3) is 0 Å². The summed E-state index contributed by atoms with van der Waals surface area (Å²) in [6.07, 6.45) is 3.99. The Balaban J connectivity index is 1.95. The van der Waals surface area contributed by atoms with Crippen molar-refractivity contribution in [2.24, 2.45) is 0 Å². The molecule has 0 saturated carbocycles. The average Bonchev–Trinajstić information content (AvgIpc) is 2.95. The molecule has 0 unspecified atom stereocenters. The quantitative estimate of drug-likeness (QED) is 0.745. The van der Waals surface area contributed by atoms with Gasteiger partial charge in [-0.25, -0.2) is 4.98 Å². The Kier molecular flexibility index (Phi) is 5.81. The number of oxazole rings is 1. The monoisotopic (exact) mass is 288 g/mol. The van der Waals surface area contributed by atoms with E-state index in [0.29, 0.717) is 18.5 Å². The maximum Gasteiger partial charge on any atom is 0.208 e. The molecule has 21 heavy (non-hydrogen) atoms. The molecule has 1 N–H and O–H groups in total. The van der Waals surface area contributed by atoms with Gasteiger partial charge in [0.2, 0.25) is 5.89 Å². The number of ether oxygens (including phenoxy) is 1. The maximum absolute atomic E-state index is 5.74. The number of benzene rings is 1. The first kappa shape index (κ1) is 15.6. The van der Waals surface area contributed by atoms with Crippen LogP contribution >= 0.6 is 0 Å². The molecule has 0 saturated heterocycles. The smallest absolute Gasteiger partial charge is 0.208 e. The number of aromatic nitrogens is 1. The van der Waals surface area contributed by atoms with E-state index in [9.17, 15) is 0 Å². The van der Waals surface area contributed by atoms with Crippen molar-refractivity contribution in [3.8, 4) is 17.1 Å². The largest absolute Gasteiger partial charge is 0.494 e. The van der Waals surface area contributed by atoms with Gasteiger partial charge in [-0.15, -0.1) is 0 Å². The lowest BCUT2D eigenvalue weighted by molar-refractivity contribution is 0.309. The van der Waals surface area contributed by atoms with Crippen LogP contribution in [0.2, 0.25) is 0 Å². The zero-order valence-corrected chi connectivity index (χ0v) is 13.1. The molecule has 2 rings (SSSR count). The van der Waals surface area contributed by atoms with Crippen LogP contribution in [0.25, 0.3) is 11.3 Å². The lowest BCUT2D eigenvalue weighted by Crippen LogP contribution is -2.21. The summed E-state index contributed by atoms with van der Waals surface area (Å²) in [5.74, 6) is 2.39. The summed E-state index contributed by atoms with van der Waals surface area (Å²) in [6.45, 7) is 7.77. The Morgan fingerprint density at radius 2 is 2.00 bits per heavy atom. The Bertz CT molecular complexity index is 532. The Morgan fingerprint density at radius 1 is 1.24 bits per heavy atom. The predicted octanol–water partition coefficient (Wildman–Crippen LogP) is 4.02. The van der Waals surface area contributed by atoms with Crippen LogP contribution < -0.4 is 10.1 Å². The minimum absolute atomic E-state index is 0.417. The van der Waals surface area contributed by atoms with E-state index in [1.807, 2.05) is 24.3 Å². The van der Waals surface area contributed by atoms with E-state index in [2.05, 4.69) is 31.1 Å². The number of hydrogen-bond acceptors (Lipinski definition) is 4. The zero-order chi connectivity index (χ0) is 15.1. The second kappa shape index (κ2) is 7.84. The third-order valence-electron chi connectivity index (χ3n) is 3.12. The summed E-state index contributed by atoms with van der Waals surface area (Å²) in [5.41, 5.74) is 1.01. The first-order valence-electron chi connectivity index (χ1n) is 7.60. The predicted molar refractivity (Wildman–Crippen MR) is 84.3 cm³/mol. The first-order chi connectivity index (χ1) is 10.2. The van der Waals surface area contributed by atoms with Gasteiger partial charge in [-0.1, -0.05) is 27.2 Å². The molecular formula is C17H24N2O2. The summed E-state index contributed by atoms with van der Waals surface area (Å²) in [7, 11) is 0. The van der Waals surface area contributed by atoms with Crippen molar-refractivity contribution in [3.05, 3.63) is 36.4 Å². The van der Waals surface area contributed by atoms with Gasteiger partial charge in [0, 0.05) is 11.6 Å². The summed E-state index contributed by atoms with van der Waals surface area (Å²) in [4.78, 5) is 4.29. The van der Waals surface area contributed by atoms with Crippen LogP contribution in [-0.2, 0) is 6.54 Å². The van der Waals surface area contributed by atoms with Crippen molar-refractivity contribution >= 4 is 0 Å². The lowest BCUT2D eigenvalue weighted by atomic mass is 10.2. The molecule has 0 aliphatic rings. The normalized spacial score (nSPS) is 11.0. The van der Waals surface area contributed by atoms with Gasteiger partial charge < -0.3 is 14.5 Å². The molecule has 4 heteroatoms. The number of hydrogen-bond donors (Lipinski definition) is 1. The Morgan fingerprint density at radius 3 is 2.67 bits per heavy atom. The van der Waals surface area contributed by atoms with Gasteiger partial charge in [-0.3, -0.25) is 0 Å². The third kappa shape index (κ3) is 4.90. The van der Waals surface area contributed by atoms with E-state index in [-0.39, 0.29) is 0 Å². The van der Waals surface area contributed by atoms with Crippen molar-refractivity contribution in [2.75, 3.05) is 6.61 Å². The maximum atomic E-state index is 5.74. The molecule has 0 radical (unpaired) electrons. The van der Waals surface area contributed by atoms with Gasteiger partial charge in [-0.2, -0.15) is 0 Å². The van der Waals surface area contributed by atoms with E-state index in [1.54, 1.807) is 6.20 Å². The molecule has 0 amide bonds. The first-order valence-corrected chi connectivity index (χ1v) is 7.60. The van der Waals surface area contributed by atoms with Crippen molar-refractivity contribution in [3.63, 3.8) is 0 Å². The highest BCUT2D eigenvalue weighted by Gasteiger charge is 2.07. The molecule has 0 atom stereocenters. The number of unbranched alkanes of at least 4 members (excludes halogenated alkanes) is 1.